The highest BCUT2D eigenvalue weighted by Gasteiger charge is 2.18. The van der Waals surface area contributed by atoms with Gasteiger partial charge in [-0.15, -0.1) is 0 Å². The van der Waals surface area contributed by atoms with E-state index in [1.807, 2.05) is 0 Å². The van der Waals surface area contributed by atoms with Crippen molar-refractivity contribution in [3.63, 3.8) is 0 Å². The minimum absolute atomic E-state index is 0.897. The molecular formula is C10H14. The first kappa shape index (κ1) is 6.21. The lowest BCUT2D eigenvalue weighted by atomic mass is 9.82. The van der Waals surface area contributed by atoms with Gasteiger partial charge in [-0.1, -0.05) is 30.7 Å². The van der Waals surface area contributed by atoms with Crippen LogP contribution in [-0.2, 0) is 0 Å². The Kier molecular flexibility index (Phi) is 1.62. The fraction of sp³-hybridized carbons (Fsp3) is 0.600. The summed E-state index contributed by atoms with van der Waals surface area (Å²) in [6.07, 6.45) is 14.9. The zero-order valence-corrected chi connectivity index (χ0v) is 6.29. The van der Waals surface area contributed by atoms with E-state index >= 15 is 0 Å². The Hall–Kier alpha value is -0.520. The van der Waals surface area contributed by atoms with Crippen LogP contribution in [0.5, 0.6) is 0 Å². The van der Waals surface area contributed by atoms with Gasteiger partial charge in [0.05, 0.1) is 0 Å². The highest BCUT2D eigenvalue weighted by atomic mass is 14.2. The van der Waals surface area contributed by atoms with Crippen molar-refractivity contribution in [2.75, 3.05) is 0 Å². The maximum Gasteiger partial charge on any atom is -0.0225 e. The van der Waals surface area contributed by atoms with Gasteiger partial charge in [0.15, 0.2) is 0 Å². The van der Waals surface area contributed by atoms with Crippen molar-refractivity contribution in [2.24, 2.45) is 11.8 Å². The van der Waals surface area contributed by atoms with Crippen LogP contribution in [0.3, 0.4) is 0 Å². The minimum Gasteiger partial charge on any atom is -0.0814 e. The highest BCUT2D eigenvalue weighted by molar-refractivity contribution is 5.11. The topological polar surface area (TPSA) is 0 Å². The number of hydrogen-bond acceptors (Lipinski definition) is 0. The molecule has 2 atom stereocenters. The predicted molar refractivity (Wildman–Crippen MR) is 43.7 cm³/mol. The van der Waals surface area contributed by atoms with Crippen molar-refractivity contribution in [1.29, 1.82) is 0 Å². The van der Waals surface area contributed by atoms with E-state index < -0.39 is 0 Å². The first-order chi connectivity index (χ1) is 4.95. The van der Waals surface area contributed by atoms with Gasteiger partial charge in [-0.3, -0.25) is 0 Å². The van der Waals surface area contributed by atoms with Gasteiger partial charge in [-0.2, -0.15) is 0 Å². The summed E-state index contributed by atoms with van der Waals surface area (Å²) in [5.74, 6) is 1.79. The SMILES string of the molecule is C1=CC2CCCC(C=C1)C2. The van der Waals surface area contributed by atoms with Crippen LogP contribution in [0.15, 0.2) is 24.3 Å². The zero-order valence-electron chi connectivity index (χ0n) is 6.29. The summed E-state index contributed by atoms with van der Waals surface area (Å²) in [6, 6.07) is 0. The molecule has 0 amide bonds. The van der Waals surface area contributed by atoms with Crippen molar-refractivity contribution >= 4 is 0 Å². The van der Waals surface area contributed by atoms with E-state index in [1.165, 1.54) is 25.7 Å². The van der Waals surface area contributed by atoms with E-state index in [2.05, 4.69) is 24.3 Å². The lowest BCUT2D eigenvalue weighted by molar-refractivity contribution is 0.355. The average Bonchev–Trinajstić information content (AvgIpc) is 2.12. The minimum atomic E-state index is 0.897. The van der Waals surface area contributed by atoms with Crippen LogP contribution in [0.25, 0.3) is 0 Å². The fourth-order valence-electron chi connectivity index (χ4n) is 2.06. The van der Waals surface area contributed by atoms with E-state index in [0.29, 0.717) is 0 Å². The smallest absolute Gasteiger partial charge is 0.0225 e. The summed E-state index contributed by atoms with van der Waals surface area (Å²) in [5, 5.41) is 0. The standard InChI is InChI=1S/C10H14/c1-2-5-10-7-3-6-9(4-1)8-10/h1-2,4-5,9-10H,3,6-8H2. The molecule has 0 nitrogen and oxygen atoms in total. The molecule has 2 unspecified atom stereocenters. The van der Waals surface area contributed by atoms with Gasteiger partial charge in [-0.25, -0.2) is 0 Å². The molecule has 0 aliphatic heterocycles. The Morgan fingerprint density at radius 3 is 2.10 bits per heavy atom. The van der Waals surface area contributed by atoms with E-state index in [1.54, 1.807) is 0 Å². The number of fused-ring (bicyclic) bond motifs is 2. The fourth-order valence-corrected chi connectivity index (χ4v) is 2.06. The van der Waals surface area contributed by atoms with Gasteiger partial charge in [0.1, 0.15) is 0 Å². The molecule has 0 aromatic heterocycles. The van der Waals surface area contributed by atoms with E-state index in [0.717, 1.165) is 11.8 Å². The van der Waals surface area contributed by atoms with Gasteiger partial charge in [-0.05, 0) is 31.1 Å². The maximum atomic E-state index is 2.37. The average molecular weight is 134 g/mol. The Morgan fingerprint density at radius 1 is 0.900 bits per heavy atom. The first-order valence-electron chi connectivity index (χ1n) is 4.30. The van der Waals surface area contributed by atoms with Crippen LogP contribution in [-0.4, -0.2) is 0 Å². The molecule has 2 bridgehead atoms. The summed E-state index contributed by atoms with van der Waals surface area (Å²) < 4.78 is 0. The second-order valence-corrected chi connectivity index (χ2v) is 3.46. The molecule has 2 rings (SSSR count). The van der Waals surface area contributed by atoms with Crippen molar-refractivity contribution in [2.45, 2.75) is 25.7 Å². The maximum absolute atomic E-state index is 2.37. The van der Waals surface area contributed by atoms with Crippen molar-refractivity contribution in [1.82, 2.24) is 0 Å². The Morgan fingerprint density at radius 2 is 1.50 bits per heavy atom. The molecule has 0 heterocycles. The Balaban J connectivity index is 2.14. The quantitative estimate of drug-likeness (QED) is 0.478. The van der Waals surface area contributed by atoms with Crippen LogP contribution in [0.2, 0.25) is 0 Å². The number of hydrogen-bond donors (Lipinski definition) is 0. The summed E-state index contributed by atoms with van der Waals surface area (Å²) in [5.41, 5.74) is 0. The second kappa shape index (κ2) is 2.61. The van der Waals surface area contributed by atoms with Gasteiger partial charge in [0, 0.05) is 0 Å². The molecule has 0 spiro atoms. The van der Waals surface area contributed by atoms with Crippen LogP contribution >= 0.6 is 0 Å². The van der Waals surface area contributed by atoms with Crippen molar-refractivity contribution in [3.8, 4) is 0 Å². The largest absolute Gasteiger partial charge is 0.0814 e. The molecular weight excluding hydrogens is 120 g/mol. The summed E-state index contributed by atoms with van der Waals surface area (Å²) in [7, 11) is 0. The van der Waals surface area contributed by atoms with Crippen LogP contribution in [0.4, 0.5) is 0 Å². The van der Waals surface area contributed by atoms with Gasteiger partial charge in [0.25, 0.3) is 0 Å². The Bertz CT molecular complexity index is 147. The normalized spacial score (nSPS) is 37.6. The molecule has 10 heavy (non-hydrogen) atoms. The van der Waals surface area contributed by atoms with Crippen LogP contribution in [0, 0.1) is 11.8 Å². The molecule has 0 heteroatoms. The Labute approximate surface area is 62.6 Å². The highest BCUT2D eigenvalue weighted by Crippen LogP contribution is 2.32. The number of rotatable bonds is 0. The molecule has 0 radical (unpaired) electrons. The van der Waals surface area contributed by atoms with Gasteiger partial charge >= 0.3 is 0 Å². The molecule has 2 aliphatic rings. The zero-order chi connectivity index (χ0) is 6.81. The molecule has 0 N–H and O–H groups in total. The summed E-state index contributed by atoms with van der Waals surface area (Å²) in [6.45, 7) is 0. The summed E-state index contributed by atoms with van der Waals surface area (Å²) in [4.78, 5) is 0. The van der Waals surface area contributed by atoms with Crippen molar-refractivity contribution in [3.05, 3.63) is 24.3 Å². The molecule has 54 valence electrons. The lowest BCUT2D eigenvalue weighted by Gasteiger charge is -2.23. The monoisotopic (exact) mass is 134 g/mol. The third-order valence-electron chi connectivity index (χ3n) is 2.63. The van der Waals surface area contributed by atoms with Crippen molar-refractivity contribution < 1.29 is 0 Å². The molecule has 0 saturated heterocycles. The predicted octanol–water partition coefficient (Wildman–Crippen LogP) is 2.92. The van der Waals surface area contributed by atoms with Crippen LogP contribution in [0.1, 0.15) is 25.7 Å². The molecule has 0 aromatic rings. The third kappa shape index (κ3) is 1.16. The summed E-state index contributed by atoms with van der Waals surface area (Å²) >= 11 is 0. The van der Waals surface area contributed by atoms with E-state index in [4.69, 9.17) is 0 Å². The lowest BCUT2D eigenvalue weighted by Crippen LogP contribution is -2.10. The molecule has 0 aromatic carbocycles. The second-order valence-electron chi connectivity index (χ2n) is 3.46. The molecule has 1 saturated carbocycles. The van der Waals surface area contributed by atoms with Gasteiger partial charge in [0.2, 0.25) is 0 Å². The van der Waals surface area contributed by atoms with Crippen LogP contribution < -0.4 is 0 Å². The molecule has 2 aliphatic carbocycles. The number of allylic oxidation sites excluding steroid dienone is 4. The first-order valence-corrected chi connectivity index (χ1v) is 4.30. The van der Waals surface area contributed by atoms with E-state index in [-0.39, 0.29) is 0 Å². The van der Waals surface area contributed by atoms with E-state index in [9.17, 15) is 0 Å². The molecule has 1 fully saturated rings. The third-order valence-corrected chi connectivity index (χ3v) is 2.63. The van der Waals surface area contributed by atoms with Gasteiger partial charge < -0.3 is 0 Å².